The van der Waals surface area contributed by atoms with E-state index in [0.717, 1.165) is 11.3 Å². The van der Waals surface area contributed by atoms with Crippen LogP contribution in [0.15, 0.2) is 65.8 Å². The van der Waals surface area contributed by atoms with Crippen molar-refractivity contribution in [2.45, 2.75) is 25.4 Å². The first kappa shape index (κ1) is 15.4. The van der Waals surface area contributed by atoms with Gasteiger partial charge in [0.2, 0.25) is 0 Å². The molecule has 1 amide bonds. The molecule has 1 aliphatic rings. The molecule has 0 spiro atoms. The molecular weight excluding hydrogens is 288 g/mol. The molecular formula is C18H20N4O. The van der Waals surface area contributed by atoms with Gasteiger partial charge >= 0.3 is 0 Å². The third-order valence-corrected chi connectivity index (χ3v) is 3.95. The summed E-state index contributed by atoms with van der Waals surface area (Å²) in [4.78, 5) is 12.2. The van der Waals surface area contributed by atoms with Crippen molar-refractivity contribution in [2.24, 2.45) is 5.10 Å². The van der Waals surface area contributed by atoms with Crippen molar-refractivity contribution in [1.82, 2.24) is 16.3 Å². The first-order valence-corrected chi connectivity index (χ1v) is 7.69. The molecule has 1 fully saturated rings. The highest BCUT2D eigenvalue weighted by Crippen LogP contribution is 2.21. The van der Waals surface area contributed by atoms with Crippen molar-refractivity contribution in [2.75, 3.05) is 0 Å². The van der Waals surface area contributed by atoms with Gasteiger partial charge in [-0.1, -0.05) is 60.7 Å². The van der Waals surface area contributed by atoms with Crippen molar-refractivity contribution < 1.29 is 4.79 Å². The quantitative estimate of drug-likeness (QED) is 0.599. The molecule has 0 saturated carbocycles. The minimum atomic E-state index is -0.299. The minimum Gasteiger partial charge on any atom is -0.271 e. The fourth-order valence-corrected chi connectivity index (χ4v) is 2.59. The van der Waals surface area contributed by atoms with Crippen LogP contribution in [0.3, 0.4) is 0 Å². The average molecular weight is 308 g/mol. The van der Waals surface area contributed by atoms with E-state index in [0.29, 0.717) is 6.42 Å². The highest BCUT2D eigenvalue weighted by Gasteiger charge is 2.29. The van der Waals surface area contributed by atoms with Gasteiger partial charge in [-0.2, -0.15) is 5.10 Å². The van der Waals surface area contributed by atoms with Crippen molar-refractivity contribution in [3.63, 3.8) is 0 Å². The van der Waals surface area contributed by atoms with E-state index in [1.165, 1.54) is 5.56 Å². The molecule has 118 valence electrons. The van der Waals surface area contributed by atoms with Gasteiger partial charge in [-0.25, -0.2) is 16.3 Å². The maximum Gasteiger partial charge on any atom is 0.258 e. The van der Waals surface area contributed by atoms with Crippen molar-refractivity contribution in [3.05, 3.63) is 71.8 Å². The molecule has 1 saturated heterocycles. The predicted octanol–water partition coefficient (Wildman–Crippen LogP) is 2.13. The molecule has 2 aromatic rings. The normalized spacial score (nSPS) is 21.2. The fourth-order valence-electron chi connectivity index (χ4n) is 2.59. The second kappa shape index (κ2) is 7.17. The molecule has 1 heterocycles. The minimum absolute atomic E-state index is 0.131. The molecule has 1 aliphatic heterocycles. The SMILES string of the molecule is C/C(=N\NC(=O)C1CC(c2ccccc2)NN1)c1ccccc1. The number of carbonyl (C=O) groups is 1. The number of benzene rings is 2. The van der Waals surface area contributed by atoms with Crippen molar-refractivity contribution in [3.8, 4) is 0 Å². The van der Waals surface area contributed by atoms with Crippen LogP contribution in [0, 0.1) is 0 Å². The van der Waals surface area contributed by atoms with Gasteiger partial charge in [-0.15, -0.1) is 0 Å². The van der Waals surface area contributed by atoms with E-state index < -0.39 is 0 Å². The second-order valence-corrected chi connectivity index (χ2v) is 5.58. The number of hydrazone groups is 1. The first-order chi connectivity index (χ1) is 11.2. The fraction of sp³-hybridized carbons (Fsp3) is 0.222. The topological polar surface area (TPSA) is 65.5 Å². The van der Waals surface area contributed by atoms with Gasteiger partial charge < -0.3 is 0 Å². The summed E-state index contributed by atoms with van der Waals surface area (Å²) in [6, 6.07) is 19.7. The molecule has 5 heteroatoms. The van der Waals surface area contributed by atoms with E-state index in [1.54, 1.807) is 0 Å². The van der Waals surface area contributed by atoms with Crippen LogP contribution >= 0.6 is 0 Å². The van der Waals surface area contributed by atoms with Gasteiger partial charge in [-0.3, -0.25) is 4.79 Å². The lowest BCUT2D eigenvalue weighted by Gasteiger charge is -2.09. The Bertz CT molecular complexity index is 685. The Labute approximate surface area is 135 Å². The molecule has 2 unspecified atom stereocenters. The van der Waals surface area contributed by atoms with Crippen molar-refractivity contribution in [1.29, 1.82) is 0 Å². The molecule has 2 aromatic carbocycles. The number of hydrogen-bond acceptors (Lipinski definition) is 4. The van der Waals surface area contributed by atoms with Gasteiger partial charge in [0.15, 0.2) is 0 Å². The molecule has 0 radical (unpaired) electrons. The third-order valence-electron chi connectivity index (χ3n) is 3.95. The lowest BCUT2D eigenvalue weighted by molar-refractivity contribution is -0.122. The zero-order valence-corrected chi connectivity index (χ0v) is 13.0. The summed E-state index contributed by atoms with van der Waals surface area (Å²) in [5, 5.41) is 4.19. The van der Waals surface area contributed by atoms with Crippen LogP contribution in [0.4, 0.5) is 0 Å². The highest BCUT2D eigenvalue weighted by atomic mass is 16.2. The Morgan fingerprint density at radius 1 is 1.04 bits per heavy atom. The van der Waals surface area contributed by atoms with Gasteiger partial charge in [0.1, 0.15) is 6.04 Å². The smallest absolute Gasteiger partial charge is 0.258 e. The second-order valence-electron chi connectivity index (χ2n) is 5.58. The monoisotopic (exact) mass is 308 g/mol. The van der Waals surface area contributed by atoms with Crippen LogP contribution in [-0.2, 0) is 4.79 Å². The number of rotatable bonds is 4. The Hall–Kier alpha value is -2.50. The predicted molar refractivity (Wildman–Crippen MR) is 90.7 cm³/mol. The summed E-state index contributed by atoms with van der Waals surface area (Å²) in [6.07, 6.45) is 0.690. The van der Waals surface area contributed by atoms with Gasteiger partial charge in [0.25, 0.3) is 5.91 Å². The number of amides is 1. The Morgan fingerprint density at radius 2 is 1.70 bits per heavy atom. The van der Waals surface area contributed by atoms with E-state index in [2.05, 4.69) is 33.5 Å². The lowest BCUT2D eigenvalue weighted by Crippen LogP contribution is -2.41. The van der Waals surface area contributed by atoms with Crippen LogP contribution in [0.1, 0.15) is 30.5 Å². The largest absolute Gasteiger partial charge is 0.271 e. The Morgan fingerprint density at radius 3 is 2.39 bits per heavy atom. The summed E-state index contributed by atoms with van der Waals surface area (Å²) in [5.74, 6) is -0.133. The molecule has 5 nitrogen and oxygen atoms in total. The summed E-state index contributed by atoms with van der Waals surface area (Å²) in [6.45, 7) is 1.88. The van der Waals surface area contributed by atoms with Crippen LogP contribution < -0.4 is 16.3 Å². The van der Waals surface area contributed by atoms with Gasteiger partial charge in [-0.05, 0) is 24.5 Å². The van der Waals surface area contributed by atoms with Crippen LogP contribution in [0.2, 0.25) is 0 Å². The zero-order chi connectivity index (χ0) is 16.1. The molecule has 3 N–H and O–H groups in total. The van der Waals surface area contributed by atoms with Gasteiger partial charge in [0.05, 0.1) is 5.71 Å². The Balaban J connectivity index is 1.57. The first-order valence-electron chi connectivity index (χ1n) is 7.69. The van der Waals surface area contributed by atoms with E-state index >= 15 is 0 Å². The molecule has 0 bridgehead atoms. The molecule has 23 heavy (non-hydrogen) atoms. The summed E-state index contributed by atoms with van der Waals surface area (Å²) in [7, 11) is 0. The van der Waals surface area contributed by atoms with Gasteiger partial charge in [0, 0.05) is 6.04 Å². The highest BCUT2D eigenvalue weighted by molar-refractivity contribution is 5.99. The van der Waals surface area contributed by atoms with E-state index in [-0.39, 0.29) is 18.0 Å². The molecule has 0 aliphatic carbocycles. The Kier molecular flexibility index (Phi) is 4.80. The maximum atomic E-state index is 12.2. The number of nitrogens with zero attached hydrogens (tertiary/aromatic N) is 1. The molecule has 3 rings (SSSR count). The van der Waals surface area contributed by atoms with Crippen LogP contribution in [0.5, 0.6) is 0 Å². The summed E-state index contributed by atoms with van der Waals surface area (Å²) in [5.41, 5.74) is 11.8. The van der Waals surface area contributed by atoms with E-state index in [4.69, 9.17) is 0 Å². The number of hydrogen-bond donors (Lipinski definition) is 3. The number of hydrazine groups is 1. The third kappa shape index (κ3) is 3.83. The maximum absolute atomic E-state index is 12.2. The number of nitrogens with one attached hydrogen (secondary N) is 3. The molecule has 2 atom stereocenters. The summed E-state index contributed by atoms with van der Waals surface area (Å²) >= 11 is 0. The van der Waals surface area contributed by atoms with Crippen LogP contribution in [0.25, 0.3) is 0 Å². The lowest BCUT2D eigenvalue weighted by atomic mass is 10.0. The van der Waals surface area contributed by atoms with E-state index in [1.807, 2.05) is 55.5 Å². The standard InChI is InChI=1S/C18H20N4O/c1-13(14-8-4-2-5-9-14)19-22-18(23)17-12-16(20-21-17)15-10-6-3-7-11-15/h2-11,16-17,20-21H,12H2,1H3,(H,22,23)/b19-13+. The number of carbonyl (C=O) groups excluding carboxylic acids is 1. The zero-order valence-electron chi connectivity index (χ0n) is 13.0. The summed E-state index contributed by atoms with van der Waals surface area (Å²) < 4.78 is 0. The van der Waals surface area contributed by atoms with Crippen molar-refractivity contribution >= 4 is 11.6 Å². The van der Waals surface area contributed by atoms with E-state index in [9.17, 15) is 4.79 Å². The molecule has 0 aromatic heterocycles. The van der Waals surface area contributed by atoms with Crippen LogP contribution in [-0.4, -0.2) is 17.7 Å². The average Bonchev–Trinajstić information content (AvgIpc) is 3.11.